The monoisotopic (exact) mass is 332 g/mol. The Balaban J connectivity index is 1.82. The van der Waals surface area contributed by atoms with Crippen molar-refractivity contribution < 1.29 is 9.47 Å². The van der Waals surface area contributed by atoms with Gasteiger partial charge in [0.15, 0.2) is 0 Å². The van der Waals surface area contributed by atoms with Crippen LogP contribution in [-0.4, -0.2) is 21.2 Å². The summed E-state index contributed by atoms with van der Waals surface area (Å²) >= 11 is 4.28. The Morgan fingerprint density at radius 2 is 1.32 bits per heavy atom. The second kappa shape index (κ2) is 10.6. The maximum atomic E-state index is 6.01. The zero-order chi connectivity index (χ0) is 15.5. The second-order valence-electron chi connectivity index (χ2n) is 5.24. The van der Waals surface area contributed by atoms with E-state index < -0.39 is 9.52 Å². The van der Waals surface area contributed by atoms with Crippen LogP contribution in [0.4, 0.5) is 0 Å². The zero-order valence-electron chi connectivity index (χ0n) is 12.9. The molecule has 2 rings (SSSR count). The molecule has 0 aromatic heterocycles. The topological polar surface area (TPSA) is 18.5 Å². The Kier molecular flexibility index (Phi) is 8.34. The Labute approximate surface area is 141 Å². The van der Waals surface area contributed by atoms with E-state index in [1.165, 1.54) is 17.2 Å². The van der Waals surface area contributed by atoms with E-state index in [1.807, 2.05) is 36.4 Å². The third-order valence-electron chi connectivity index (χ3n) is 3.41. The van der Waals surface area contributed by atoms with Crippen molar-refractivity contribution in [2.24, 2.45) is 0 Å². The van der Waals surface area contributed by atoms with E-state index in [4.69, 9.17) is 9.47 Å². The maximum absolute atomic E-state index is 6.01. The quantitative estimate of drug-likeness (QED) is 0.310. The fourth-order valence-electron chi connectivity index (χ4n) is 2.16. The summed E-state index contributed by atoms with van der Waals surface area (Å²) in [5.74, 6) is 0.914. The number of hydrogen-bond donors (Lipinski definition) is 1. The molecule has 0 fully saturated rings. The third kappa shape index (κ3) is 6.79. The average Bonchev–Trinajstić information content (AvgIpc) is 2.59. The lowest BCUT2D eigenvalue weighted by Crippen LogP contribution is -2.24. The fraction of sp³-hybridized carbons (Fsp3) is 0.333. The van der Waals surface area contributed by atoms with E-state index in [0.717, 1.165) is 12.2 Å². The molecule has 0 unspecified atom stereocenters. The second-order valence-corrected chi connectivity index (χ2v) is 7.64. The van der Waals surface area contributed by atoms with Crippen molar-refractivity contribution in [3.8, 4) is 0 Å². The highest BCUT2D eigenvalue weighted by Gasteiger charge is 2.10. The summed E-state index contributed by atoms with van der Waals surface area (Å²) in [6.45, 7) is 1.24. The minimum absolute atomic E-state index is 0.0275. The highest BCUT2D eigenvalue weighted by molar-refractivity contribution is 7.80. The van der Waals surface area contributed by atoms with Crippen molar-refractivity contribution in [3.63, 3.8) is 0 Å². The highest BCUT2D eigenvalue weighted by Crippen LogP contribution is 2.09. The first kappa shape index (κ1) is 17.3. The minimum atomic E-state index is -0.411. The smallest absolute Gasteiger partial charge is 0.135 e. The number of benzene rings is 2. The van der Waals surface area contributed by atoms with Crippen molar-refractivity contribution in [2.45, 2.75) is 31.6 Å². The molecule has 0 spiro atoms. The molecule has 0 amide bonds. The van der Waals surface area contributed by atoms with Gasteiger partial charge in [0.05, 0.1) is 22.7 Å². The largest absolute Gasteiger partial charge is 0.352 e. The van der Waals surface area contributed by atoms with Gasteiger partial charge >= 0.3 is 0 Å². The molecule has 118 valence electrons. The van der Waals surface area contributed by atoms with Crippen LogP contribution in [0.5, 0.6) is 0 Å². The first-order valence-corrected chi connectivity index (χ1v) is 10.3. The molecule has 2 nitrogen and oxygen atoms in total. The molecule has 4 heteroatoms. The van der Waals surface area contributed by atoms with E-state index in [0.29, 0.717) is 13.2 Å². The molecule has 0 aliphatic heterocycles. The van der Waals surface area contributed by atoms with Crippen molar-refractivity contribution >= 4 is 22.1 Å². The predicted octanol–water partition coefficient (Wildman–Crippen LogP) is 3.61. The number of rotatable bonds is 10. The molecule has 2 aromatic rings. The summed E-state index contributed by atoms with van der Waals surface area (Å²) in [7, 11) is -0.411. The molecule has 0 atom stereocenters. The Morgan fingerprint density at radius 1 is 0.818 bits per heavy atom. The summed E-state index contributed by atoms with van der Waals surface area (Å²) in [5.41, 5.74) is 2.39. The molecule has 0 aliphatic carbocycles. The number of thiol groups is 1. The lowest BCUT2D eigenvalue weighted by atomic mass is 10.2. The van der Waals surface area contributed by atoms with Crippen LogP contribution in [0.15, 0.2) is 60.7 Å². The maximum Gasteiger partial charge on any atom is 0.135 e. The lowest BCUT2D eigenvalue weighted by molar-refractivity contribution is -0.106. The molecule has 0 aliphatic rings. The van der Waals surface area contributed by atoms with Gasteiger partial charge in [-0.3, -0.25) is 0 Å². The molecule has 0 heterocycles. The first-order chi connectivity index (χ1) is 10.9. The summed E-state index contributed by atoms with van der Waals surface area (Å²) in [4.78, 5) is 0. The number of hydrogen-bond acceptors (Lipinski definition) is 3. The average molecular weight is 333 g/mol. The SMILES string of the molecule is SCCC[SiH2]C(OCc1ccccc1)OCc1ccccc1. The van der Waals surface area contributed by atoms with Crippen LogP contribution >= 0.6 is 12.6 Å². The molecular formula is C18H24O2SSi. The van der Waals surface area contributed by atoms with E-state index >= 15 is 0 Å². The van der Waals surface area contributed by atoms with Gasteiger partial charge in [0.1, 0.15) is 5.91 Å². The summed E-state index contributed by atoms with van der Waals surface area (Å²) in [5, 5.41) is 0. The van der Waals surface area contributed by atoms with Gasteiger partial charge in [0, 0.05) is 0 Å². The van der Waals surface area contributed by atoms with Crippen LogP contribution in [-0.2, 0) is 22.7 Å². The summed E-state index contributed by atoms with van der Waals surface area (Å²) in [6.07, 6.45) is 1.15. The van der Waals surface area contributed by atoms with Crippen LogP contribution in [0.1, 0.15) is 17.5 Å². The van der Waals surface area contributed by atoms with E-state index in [-0.39, 0.29) is 5.91 Å². The van der Waals surface area contributed by atoms with Crippen LogP contribution in [0.2, 0.25) is 6.04 Å². The van der Waals surface area contributed by atoms with Gasteiger partial charge in [-0.05, 0) is 23.3 Å². The van der Waals surface area contributed by atoms with Gasteiger partial charge < -0.3 is 9.47 Å². The van der Waals surface area contributed by atoms with Gasteiger partial charge in [0.25, 0.3) is 0 Å². The van der Waals surface area contributed by atoms with Crippen molar-refractivity contribution in [1.29, 1.82) is 0 Å². The first-order valence-electron chi connectivity index (χ1n) is 7.80. The third-order valence-corrected chi connectivity index (χ3v) is 5.57. The van der Waals surface area contributed by atoms with Crippen LogP contribution in [0, 0.1) is 0 Å². The Morgan fingerprint density at radius 3 is 1.77 bits per heavy atom. The normalized spacial score (nSPS) is 11.5. The molecule has 0 radical (unpaired) electrons. The molecule has 2 aromatic carbocycles. The van der Waals surface area contributed by atoms with Crippen molar-refractivity contribution in [3.05, 3.63) is 71.8 Å². The molecule has 0 saturated heterocycles. The van der Waals surface area contributed by atoms with Gasteiger partial charge in [-0.25, -0.2) is 0 Å². The van der Waals surface area contributed by atoms with Crippen LogP contribution < -0.4 is 0 Å². The number of ether oxygens (including phenoxy) is 2. The van der Waals surface area contributed by atoms with Crippen molar-refractivity contribution in [2.75, 3.05) is 5.75 Å². The highest BCUT2D eigenvalue weighted by atomic mass is 32.1. The minimum Gasteiger partial charge on any atom is -0.352 e. The fourth-order valence-corrected chi connectivity index (χ4v) is 4.25. The van der Waals surface area contributed by atoms with Gasteiger partial charge in [-0.15, -0.1) is 0 Å². The molecular weight excluding hydrogens is 308 g/mol. The molecule has 0 saturated carbocycles. The van der Waals surface area contributed by atoms with Crippen LogP contribution in [0.3, 0.4) is 0 Å². The molecule has 22 heavy (non-hydrogen) atoms. The van der Waals surface area contributed by atoms with Crippen LogP contribution in [0.25, 0.3) is 0 Å². The predicted molar refractivity (Wildman–Crippen MR) is 98.1 cm³/mol. The Bertz CT molecular complexity index is 464. The van der Waals surface area contributed by atoms with E-state index in [1.54, 1.807) is 0 Å². The van der Waals surface area contributed by atoms with E-state index in [2.05, 4.69) is 36.9 Å². The molecule has 0 bridgehead atoms. The van der Waals surface area contributed by atoms with Crippen molar-refractivity contribution in [1.82, 2.24) is 0 Å². The summed E-state index contributed by atoms with van der Waals surface area (Å²) < 4.78 is 12.0. The van der Waals surface area contributed by atoms with E-state index in [9.17, 15) is 0 Å². The summed E-state index contributed by atoms with van der Waals surface area (Å²) in [6, 6.07) is 21.8. The molecule has 0 N–H and O–H groups in total. The Hall–Kier alpha value is -1.07. The van der Waals surface area contributed by atoms with Gasteiger partial charge in [0.2, 0.25) is 0 Å². The van der Waals surface area contributed by atoms with Gasteiger partial charge in [-0.1, -0.05) is 66.7 Å². The zero-order valence-corrected chi connectivity index (χ0v) is 15.2. The van der Waals surface area contributed by atoms with Gasteiger partial charge in [-0.2, -0.15) is 12.6 Å². The lowest BCUT2D eigenvalue weighted by Gasteiger charge is -2.18. The standard InChI is InChI=1S/C18H24O2SSi/c21-12-7-13-22-18(19-14-16-8-3-1-4-9-16)20-15-17-10-5-2-6-11-17/h1-6,8-11,18,21H,7,12-15,22H2.